The molecular formula is C140H104N4. The van der Waals surface area contributed by atoms with Crippen molar-refractivity contribution in [1.29, 1.82) is 0 Å². The van der Waals surface area contributed by atoms with Crippen LogP contribution in [0, 0.1) is 47.3 Å². The second-order valence-electron chi connectivity index (χ2n) is 43.4. The van der Waals surface area contributed by atoms with Crippen LogP contribution < -0.4 is 0 Å². The molecule has 4 heteroatoms. The van der Waals surface area contributed by atoms with Crippen LogP contribution >= 0.6 is 0 Å². The summed E-state index contributed by atoms with van der Waals surface area (Å²) in [5.74, 6) is 6.84. The molecule has 0 unspecified atom stereocenters. The maximum absolute atomic E-state index is 2.62. The predicted octanol–water partition coefficient (Wildman–Crippen LogP) is 36.5. The van der Waals surface area contributed by atoms with E-state index in [0.29, 0.717) is 0 Å². The van der Waals surface area contributed by atoms with Crippen molar-refractivity contribution in [2.24, 2.45) is 47.3 Å². The van der Waals surface area contributed by atoms with Gasteiger partial charge in [0.25, 0.3) is 0 Å². The van der Waals surface area contributed by atoms with Crippen molar-refractivity contribution in [1.82, 2.24) is 18.3 Å². The van der Waals surface area contributed by atoms with Gasteiger partial charge < -0.3 is 18.3 Å². The number of rotatable bonds is 12. The molecule has 20 aromatic carbocycles. The van der Waals surface area contributed by atoms with Gasteiger partial charge >= 0.3 is 0 Å². The first-order valence-electron chi connectivity index (χ1n) is 52.6. The fraction of sp³-hybridized carbons (Fsp3) is 0.143. The molecule has 4 aromatic heterocycles. The summed E-state index contributed by atoms with van der Waals surface area (Å²) >= 11 is 0. The van der Waals surface area contributed by atoms with Gasteiger partial charge in [0.15, 0.2) is 0 Å². The SMILES string of the molecule is c1ccc(-n2c3ccccc3c3ccc(-c4ccc5c6ccccc6n(-c6ccc(-c7ccc(-c8ccc(-c9ccc%10c(c9)C9(c%11ccccc%11-%10)C%10CC%11CC(C%10)CC9C%11)cc8)cc7)cc6)c5c4)cc32)cc1.c1ccc(-n2c3ccccc3c3ccc(-c4ccc5c6ccccc6n(-c6ccc(-c7cccc(-c8cccc(-c9ccc%10c(c9)C9(c%11ccccc%11-%10)C%10CC%11CC(C%10)CC9C%11)c8)c7)cc6)c5c4)cc32)cc1. The van der Waals surface area contributed by atoms with Crippen molar-refractivity contribution in [3.05, 3.63) is 483 Å². The Morgan fingerprint density at radius 1 is 0.139 bits per heavy atom. The number of benzene rings is 20. The second-order valence-corrected chi connectivity index (χ2v) is 43.4. The zero-order valence-electron chi connectivity index (χ0n) is 80.4. The van der Waals surface area contributed by atoms with E-state index in [1.54, 1.807) is 22.3 Å². The monoisotopic (exact) mass is 1840 g/mol. The molecule has 4 heterocycles. The summed E-state index contributed by atoms with van der Waals surface area (Å²) in [7, 11) is 0. The van der Waals surface area contributed by atoms with Crippen molar-refractivity contribution < 1.29 is 0 Å². The van der Waals surface area contributed by atoms with Crippen LogP contribution in [0.1, 0.15) is 86.5 Å². The molecule has 8 saturated carbocycles. The molecule has 10 aliphatic carbocycles. The third-order valence-electron chi connectivity index (χ3n) is 36.2. The third-order valence-corrected chi connectivity index (χ3v) is 36.2. The number of para-hydroxylation sites is 6. The quantitative estimate of drug-likeness (QED) is 0.116. The van der Waals surface area contributed by atoms with Gasteiger partial charge in [-0.3, -0.25) is 0 Å². The molecule has 684 valence electrons. The van der Waals surface area contributed by atoms with Gasteiger partial charge in [0.1, 0.15) is 0 Å². The molecule has 144 heavy (non-hydrogen) atoms. The maximum atomic E-state index is 2.62. The van der Waals surface area contributed by atoms with Gasteiger partial charge in [0.05, 0.1) is 44.1 Å². The molecule has 10 aliphatic rings. The van der Waals surface area contributed by atoms with Gasteiger partial charge in [0, 0.05) is 76.7 Å². The Balaban J connectivity index is 0.000000131. The average Bonchev–Trinajstić information content (AvgIpc) is 1.51. The first kappa shape index (κ1) is 82.3. The summed E-state index contributed by atoms with van der Waals surface area (Å²) < 4.78 is 9.69. The minimum Gasteiger partial charge on any atom is -0.309 e. The Labute approximate surface area is 839 Å². The second kappa shape index (κ2) is 32.1. The van der Waals surface area contributed by atoms with Crippen LogP contribution in [0.15, 0.2) is 461 Å². The summed E-state index contributed by atoms with van der Waals surface area (Å²) in [4.78, 5) is 0. The zero-order chi connectivity index (χ0) is 94.1. The van der Waals surface area contributed by atoms with E-state index in [1.807, 2.05) is 0 Å². The van der Waals surface area contributed by atoms with E-state index >= 15 is 0 Å². The highest BCUT2D eigenvalue weighted by atomic mass is 15.0. The van der Waals surface area contributed by atoms with Crippen molar-refractivity contribution in [2.75, 3.05) is 0 Å². The Hall–Kier alpha value is -16.4. The zero-order valence-corrected chi connectivity index (χ0v) is 80.4. The lowest BCUT2D eigenvalue weighted by Crippen LogP contribution is -2.55. The van der Waals surface area contributed by atoms with E-state index in [2.05, 4.69) is 479 Å². The Bertz CT molecular complexity index is 9320. The lowest BCUT2D eigenvalue weighted by atomic mass is 9.43. The van der Waals surface area contributed by atoms with Crippen molar-refractivity contribution >= 4 is 87.2 Å². The summed E-state index contributed by atoms with van der Waals surface area (Å²) in [6, 6.07) is 174. The third kappa shape index (κ3) is 12.5. The molecule has 0 saturated heterocycles. The predicted molar refractivity (Wildman–Crippen MR) is 600 cm³/mol. The molecule has 8 fully saturated rings. The summed E-state index contributed by atoms with van der Waals surface area (Å²) in [5, 5.41) is 10.1. The highest BCUT2D eigenvalue weighted by Crippen LogP contribution is 2.72. The summed E-state index contributed by atoms with van der Waals surface area (Å²) in [6.07, 6.45) is 14.2. The van der Waals surface area contributed by atoms with Gasteiger partial charge in [-0.25, -0.2) is 0 Å². The largest absolute Gasteiger partial charge is 0.309 e. The Morgan fingerprint density at radius 2 is 0.354 bits per heavy atom. The highest BCUT2D eigenvalue weighted by molar-refractivity contribution is 6.15. The van der Waals surface area contributed by atoms with Gasteiger partial charge in [-0.05, 0) is 366 Å². The summed E-state index contributed by atoms with van der Waals surface area (Å²) in [6.45, 7) is 0. The molecule has 0 amide bonds. The molecule has 2 spiro atoms. The fourth-order valence-electron chi connectivity index (χ4n) is 30.6. The van der Waals surface area contributed by atoms with Gasteiger partial charge in [-0.1, -0.05) is 340 Å². The van der Waals surface area contributed by atoms with Crippen molar-refractivity contribution in [3.8, 4) is 134 Å². The first-order chi connectivity index (χ1) is 71.3. The molecular weight excluding hydrogens is 1740 g/mol. The lowest BCUT2D eigenvalue weighted by molar-refractivity contribution is -0.0399. The van der Waals surface area contributed by atoms with E-state index < -0.39 is 0 Å². The van der Waals surface area contributed by atoms with E-state index in [1.165, 1.54) is 274 Å². The van der Waals surface area contributed by atoms with Crippen LogP contribution in [0.4, 0.5) is 0 Å². The van der Waals surface area contributed by atoms with Crippen LogP contribution in [0.2, 0.25) is 0 Å². The number of hydrogen-bond donors (Lipinski definition) is 0. The van der Waals surface area contributed by atoms with Crippen LogP contribution in [-0.4, -0.2) is 18.3 Å². The number of aromatic nitrogens is 4. The smallest absolute Gasteiger partial charge is 0.0547 e. The van der Waals surface area contributed by atoms with E-state index in [-0.39, 0.29) is 10.8 Å². The lowest BCUT2D eigenvalue weighted by Gasteiger charge is -2.61. The first-order valence-corrected chi connectivity index (χ1v) is 52.6. The van der Waals surface area contributed by atoms with E-state index in [4.69, 9.17) is 0 Å². The standard InChI is InChI=1S/2C70H52N2/c1-2-16-56(17-3-1)71-66-22-8-5-19-60(66)62-32-27-52(42-68(62)71)53-28-33-63-61-20-6-9-23-67(61)72(69(63)43-53)57-29-24-46(25-30-57)47-12-10-13-48(39-47)49-14-11-15-50(40-49)51-26-31-59-58-18-4-7-21-64(58)70(65(59)41-51)54-35-44-34-45(37-54)38-55(70)36-44;1-2-10-56(11-3-1)71-66-16-8-5-13-60(66)62-34-29-52(42-68(62)71)53-30-35-63-61-14-6-9-17-67(61)72(69(63)43-53)57-31-26-49(27-32-57)48-20-18-46(19-21-48)47-22-24-50(25-23-47)51-28-33-59-58-12-4-7-15-64(58)70(65(59)41-51)54-37-44-36-45(39-54)40-55(70)38-44/h1-33,39-45,54-55H,34-38H2;1-35,41-45,54-55H,36-40H2. The average molecular weight is 1840 g/mol. The minimum atomic E-state index is 0.170. The van der Waals surface area contributed by atoms with Gasteiger partial charge in [0.2, 0.25) is 0 Å². The van der Waals surface area contributed by atoms with E-state index in [9.17, 15) is 0 Å². The van der Waals surface area contributed by atoms with E-state index in [0.717, 1.165) is 58.7 Å². The number of nitrogens with zero attached hydrogens (tertiary/aromatic N) is 4. The minimum absolute atomic E-state index is 0.170. The topological polar surface area (TPSA) is 19.7 Å². The maximum Gasteiger partial charge on any atom is 0.0547 e. The molecule has 24 aromatic rings. The van der Waals surface area contributed by atoms with Gasteiger partial charge in [-0.2, -0.15) is 0 Å². The molecule has 0 atom stereocenters. The van der Waals surface area contributed by atoms with Crippen molar-refractivity contribution in [3.63, 3.8) is 0 Å². The molecule has 0 N–H and O–H groups in total. The Morgan fingerprint density at radius 3 is 0.674 bits per heavy atom. The van der Waals surface area contributed by atoms with Crippen LogP contribution in [-0.2, 0) is 10.8 Å². The number of hydrogen-bond acceptors (Lipinski definition) is 0. The fourth-order valence-corrected chi connectivity index (χ4v) is 30.6. The molecule has 0 aliphatic heterocycles. The normalized spacial score (nSPS) is 20.6. The van der Waals surface area contributed by atoms with Crippen molar-refractivity contribution in [2.45, 2.75) is 75.0 Å². The molecule has 0 radical (unpaired) electrons. The van der Waals surface area contributed by atoms with Crippen LogP contribution in [0.5, 0.6) is 0 Å². The Kier molecular flexibility index (Phi) is 18.3. The summed E-state index contributed by atoms with van der Waals surface area (Å²) in [5.41, 5.74) is 47.1. The molecule has 4 nitrogen and oxygen atoms in total. The molecule has 34 rings (SSSR count). The van der Waals surface area contributed by atoms with Crippen LogP contribution in [0.25, 0.3) is 221 Å². The molecule has 8 bridgehead atoms. The highest BCUT2D eigenvalue weighted by Gasteiger charge is 2.63. The van der Waals surface area contributed by atoms with Crippen LogP contribution in [0.3, 0.4) is 0 Å². The number of fused-ring (bicyclic) bond motifs is 18. The van der Waals surface area contributed by atoms with Gasteiger partial charge in [-0.15, -0.1) is 0 Å².